The summed E-state index contributed by atoms with van der Waals surface area (Å²) in [6, 6.07) is 10.0. The molecule has 0 unspecified atom stereocenters. The largest absolute Gasteiger partial charge is 0.369 e. The van der Waals surface area contributed by atoms with Crippen molar-refractivity contribution < 1.29 is 9.59 Å². The van der Waals surface area contributed by atoms with Crippen LogP contribution in [0.25, 0.3) is 22.3 Å². The van der Waals surface area contributed by atoms with Crippen molar-refractivity contribution in [2.75, 3.05) is 13.1 Å². The number of halogens is 1. The maximum absolute atomic E-state index is 12.8. The van der Waals surface area contributed by atoms with E-state index < -0.39 is 0 Å². The first kappa shape index (κ1) is 21.8. The van der Waals surface area contributed by atoms with E-state index >= 15 is 0 Å². The number of hydrogen-bond acceptors (Lipinski definition) is 4. The minimum absolute atomic E-state index is 0. The number of carbonyl (C=O) groups is 2. The number of likely N-dealkylation sites (tertiary alicyclic amines) is 1. The molecule has 0 aromatic carbocycles. The van der Waals surface area contributed by atoms with Crippen LogP contribution in [0.3, 0.4) is 0 Å². The summed E-state index contributed by atoms with van der Waals surface area (Å²) in [6.07, 6.45) is 5.23. The summed E-state index contributed by atoms with van der Waals surface area (Å²) in [5.74, 6) is -0.283. The van der Waals surface area contributed by atoms with E-state index in [1.165, 1.54) is 0 Å². The fourth-order valence-corrected chi connectivity index (χ4v) is 4.07. The zero-order valence-electron chi connectivity index (χ0n) is 17.0. The minimum Gasteiger partial charge on any atom is -0.369 e. The van der Waals surface area contributed by atoms with E-state index in [2.05, 4.69) is 20.6 Å². The molecule has 0 atom stereocenters. The Morgan fingerprint density at radius 3 is 2.53 bits per heavy atom. The van der Waals surface area contributed by atoms with Crippen LogP contribution in [0, 0.1) is 12.8 Å². The molecule has 0 aliphatic carbocycles. The van der Waals surface area contributed by atoms with Crippen molar-refractivity contribution in [2.45, 2.75) is 32.7 Å². The van der Waals surface area contributed by atoms with Crippen LogP contribution in [0.2, 0.25) is 0 Å². The van der Waals surface area contributed by atoms with Crippen molar-refractivity contribution in [3.8, 4) is 11.3 Å². The average Bonchev–Trinajstić information content (AvgIpc) is 3.10. The van der Waals surface area contributed by atoms with E-state index in [4.69, 9.17) is 5.73 Å². The average molecular weight is 428 g/mol. The lowest BCUT2D eigenvalue weighted by atomic mass is 9.96. The molecule has 7 nitrogen and oxygen atoms in total. The van der Waals surface area contributed by atoms with Crippen molar-refractivity contribution in [1.82, 2.24) is 19.4 Å². The summed E-state index contributed by atoms with van der Waals surface area (Å²) in [4.78, 5) is 34.9. The maximum atomic E-state index is 12.8. The number of aryl methyl sites for hydroxylation is 2. The minimum atomic E-state index is -0.265. The number of amides is 2. The third-order valence-corrected chi connectivity index (χ3v) is 5.74. The quantitative estimate of drug-likeness (QED) is 0.677. The molecule has 0 spiro atoms. The van der Waals surface area contributed by atoms with Gasteiger partial charge in [0.25, 0.3) is 0 Å². The zero-order valence-corrected chi connectivity index (χ0v) is 17.8. The predicted molar refractivity (Wildman–Crippen MR) is 118 cm³/mol. The summed E-state index contributed by atoms with van der Waals surface area (Å²) in [6.45, 7) is 3.70. The lowest BCUT2D eigenvalue weighted by Crippen LogP contribution is -2.41. The summed E-state index contributed by atoms with van der Waals surface area (Å²) in [5.41, 5.74) is 9.26. The summed E-state index contributed by atoms with van der Waals surface area (Å²) < 4.78 is 2.10. The molecule has 1 fully saturated rings. The smallest absolute Gasteiger partial charge is 0.224 e. The molecule has 0 radical (unpaired) electrons. The van der Waals surface area contributed by atoms with Crippen molar-refractivity contribution in [2.24, 2.45) is 11.7 Å². The van der Waals surface area contributed by atoms with E-state index in [0.717, 1.165) is 28.0 Å². The molecule has 3 aromatic heterocycles. The standard InChI is InChI=1S/C22H25N5O2.ClH/c1-15-18(5-3-9-24-15)19-14-17-4-2-10-25-22(17)27(19)13-8-20(28)26-11-6-16(7-12-26)21(23)29;/h2-5,9-10,14,16H,6-8,11-13H2,1H3,(H2,23,29);1H. The van der Waals surface area contributed by atoms with E-state index in [9.17, 15) is 9.59 Å². The van der Waals surface area contributed by atoms with Crippen LogP contribution < -0.4 is 5.73 Å². The Balaban J connectivity index is 0.00000256. The highest BCUT2D eigenvalue weighted by atomic mass is 35.5. The van der Waals surface area contributed by atoms with Gasteiger partial charge in [-0.1, -0.05) is 0 Å². The molecule has 4 rings (SSSR count). The van der Waals surface area contributed by atoms with Gasteiger partial charge in [-0.3, -0.25) is 14.6 Å². The van der Waals surface area contributed by atoms with Gasteiger partial charge >= 0.3 is 0 Å². The van der Waals surface area contributed by atoms with Gasteiger partial charge in [0.05, 0.1) is 5.69 Å². The third kappa shape index (κ3) is 4.31. The van der Waals surface area contributed by atoms with E-state index in [1.54, 1.807) is 12.4 Å². The van der Waals surface area contributed by atoms with Gasteiger partial charge in [-0.2, -0.15) is 0 Å². The number of rotatable bonds is 5. The Bertz CT molecular complexity index is 1060. The molecular weight excluding hydrogens is 402 g/mol. The molecule has 1 aliphatic rings. The van der Waals surface area contributed by atoms with Gasteiger partial charge in [0, 0.05) is 61.0 Å². The molecule has 30 heavy (non-hydrogen) atoms. The summed E-state index contributed by atoms with van der Waals surface area (Å²) >= 11 is 0. The number of piperidine rings is 1. The number of fused-ring (bicyclic) bond motifs is 1. The van der Waals surface area contributed by atoms with Crippen LogP contribution in [0.4, 0.5) is 0 Å². The van der Waals surface area contributed by atoms with E-state index in [0.29, 0.717) is 38.9 Å². The van der Waals surface area contributed by atoms with Gasteiger partial charge in [0.2, 0.25) is 11.8 Å². The first-order valence-corrected chi connectivity index (χ1v) is 9.98. The second-order valence-electron chi connectivity index (χ2n) is 7.54. The van der Waals surface area contributed by atoms with Crippen molar-refractivity contribution in [3.63, 3.8) is 0 Å². The monoisotopic (exact) mass is 427 g/mol. The van der Waals surface area contributed by atoms with Crippen LogP contribution >= 0.6 is 12.4 Å². The molecule has 1 aliphatic heterocycles. The Labute approximate surface area is 181 Å². The zero-order chi connectivity index (χ0) is 20.4. The molecule has 4 heterocycles. The van der Waals surface area contributed by atoms with Gasteiger partial charge < -0.3 is 15.2 Å². The molecule has 1 saturated heterocycles. The molecule has 158 valence electrons. The SMILES string of the molecule is Cc1ncccc1-c1cc2cccnc2n1CCC(=O)N1CCC(C(N)=O)CC1.Cl. The van der Waals surface area contributed by atoms with Crippen molar-refractivity contribution >= 4 is 35.3 Å². The molecule has 2 N–H and O–H groups in total. The first-order chi connectivity index (χ1) is 14.0. The summed E-state index contributed by atoms with van der Waals surface area (Å²) in [5, 5.41) is 1.04. The van der Waals surface area contributed by atoms with Gasteiger partial charge in [-0.05, 0) is 50.1 Å². The number of aromatic nitrogens is 3. The fraction of sp³-hybridized carbons (Fsp3) is 0.364. The van der Waals surface area contributed by atoms with Crippen LogP contribution in [0.15, 0.2) is 42.7 Å². The van der Waals surface area contributed by atoms with Crippen LogP contribution in [0.5, 0.6) is 0 Å². The van der Waals surface area contributed by atoms with E-state index in [1.807, 2.05) is 36.1 Å². The Morgan fingerprint density at radius 2 is 1.83 bits per heavy atom. The third-order valence-electron chi connectivity index (χ3n) is 5.74. The first-order valence-electron chi connectivity index (χ1n) is 9.98. The fourth-order valence-electron chi connectivity index (χ4n) is 4.07. The van der Waals surface area contributed by atoms with Crippen molar-refractivity contribution in [3.05, 3.63) is 48.4 Å². The van der Waals surface area contributed by atoms with Crippen LogP contribution in [-0.4, -0.2) is 44.3 Å². The van der Waals surface area contributed by atoms with Crippen LogP contribution in [-0.2, 0) is 16.1 Å². The molecular formula is C22H26ClN5O2. The number of nitrogens with zero attached hydrogens (tertiary/aromatic N) is 4. The Hall–Kier alpha value is -2.93. The normalized spacial score (nSPS) is 14.5. The number of carbonyl (C=O) groups excluding carboxylic acids is 2. The number of pyridine rings is 2. The lowest BCUT2D eigenvalue weighted by Gasteiger charge is -2.30. The number of nitrogens with two attached hydrogens (primary N) is 1. The number of hydrogen-bond donors (Lipinski definition) is 1. The second kappa shape index (κ2) is 9.26. The van der Waals surface area contributed by atoms with Gasteiger partial charge in [0.1, 0.15) is 5.65 Å². The highest BCUT2D eigenvalue weighted by Gasteiger charge is 2.26. The molecule has 2 amide bonds. The van der Waals surface area contributed by atoms with E-state index in [-0.39, 0.29) is 30.1 Å². The van der Waals surface area contributed by atoms with Gasteiger partial charge in [-0.25, -0.2) is 4.98 Å². The molecule has 3 aromatic rings. The van der Waals surface area contributed by atoms with Crippen molar-refractivity contribution in [1.29, 1.82) is 0 Å². The number of primary amides is 1. The van der Waals surface area contributed by atoms with Gasteiger partial charge in [-0.15, -0.1) is 12.4 Å². The second-order valence-corrected chi connectivity index (χ2v) is 7.54. The molecule has 8 heteroatoms. The van der Waals surface area contributed by atoms with Crippen LogP contribution in [0.1, 0.15) is 25.0 Å². The molecule has 0 bridgehead atoms. The maximum Gasteiger partial charge on any atom is 0.224 e. The van der Waals surface area contributed by atoms with Gasteiger partial charge in [0.15, 0.2) is 0 Å². The predicted octanol–water partition coefficient (Wildman–Crippen LogP) is 2.94. The summed E-state index contributed by atoms with van der Waals surface area (Å²) in [7, 11) is 0. The topological polar surface area (TPSA) is 94.1 Å². The highest BCUT2D eigenvalue weighted by molar-refractivity contribution is 5.86. The Kier molecular flexibility index (Phi) is 6.72. The lowest BCUT2D eigenvalue weighted by molar-refractivity contribution is -0.135. The Morgan fingerprint density at radius 1 is 1.13 bits per heavy atom. The molecule has 0 saturated carbocycles. The highest BCUT2D eigenvalue weighted by Crippen LogP contribution is 2.29.